The molecule has 0 bridgehead atoms. The molecule has 0 spiro atoms. The predicted octanol–water partition coefficient (Wildman–Crippen LogP) is 1.82. The van der Waals surface area contributed by atoms with Crippen LogP contribution in [0.3, 0.4) is 0 Å². The first-order valence-electron chi connectivity index (χ1n) is 8.96. The Morgan fingerprint density at radius 1 is 1.29 bits per heavy atom. The van der Waals surface area contributed by atoms with Crippen molar-refractivity contribution in [3.05, 3.63) is 30.3 Å². The van der Waals surface area contributed by atoms with Crippen molar-refractivity contribution in [3.63, 3.8) is 0 Å². The van der Waals surface area contributed by atoms with Gasteiger partial charge in [-0.25, -0.2) is 4.98 Å². The van der Waals surface area contributed by atoms with E-state index in [0.29, 0.717) is 49.0 Å². The van der Waals surface area contributed by atoms with Crippen LogP contribution in [0.4, 0.5) is 0 Å². The third-order valence-electron chi connectivity index (χ3n) is 4.95. The van der Waals surface area contributed by atoms with Crippen molar-refractivity contribution in [1.29, 1.82) is 0 Å². The molecule has 0 saturated carbocycles. The molecule has 2 aliphatic heterocycles. The van der Waals surface area contributed by atoms with Crippen LogP contribution in [0.15, 0.2) is 29.0 Å². The Kier molecular flexibility index (Phi) is 4.91. The van der Waals surface area contributed by atoms with Crippen LogP contribution in [0.25, 0.3) is 11.3 Å². The van der Waals surface area contributed by atoms with Crippen LogP contribution in [-0.2, 0) is 9.53 Å². The summed E-state index contributed by atoms with van der Waals surface area (Å²) in [5.74, 6) is 0.155. The SMILES string of the molecule is COC1CC(CC(=O)O)N(C(=O)c2ncoc2-c2ccc3c(c2)OCCO3)C1. The first kappa shape index (κ1) is 18.3. The molecule has 2 atom stereocenters. The normalized spacial score (nSPS) is 21.0. The summed E-state index contributed by atoms with van der Waals surface area (Å²) in [7, 11) is 1.55. The predicted molar refractivity (Wildman–Crippen MR) is 95.4 cm³/mol. The standard InChI is InChI=1S/C19H20N2O7/c1-25-13-7-12(8-16(22)23)21(9-13)19(24)17-18(28-10-20-17)11-2-3-14-15(6-11)27-5-4-26-14/h2-3,6,10,12-13H,4-5,7-9H2,1H3,(H,22,23). The van der Waals surface area contributed by atoms with E-state index in [-0.39, 0.29) is 24.1 Å². The Balaban J connectivity index is 1.63. The van der Waals surface area contributed by atoms with Gasteiger partial charge in [0, 0.05) is 25.3 Å². The number of oxazole rings is 1. The molecule has 9 heteroatoms. The lowest BCUT2D eigenvalue weighted by molar-refractivity contribution is -0.138. The van der Waals surface area contributed by atoms with Gasteiger partial charge in [-0.3, -0.25) is 9.59 Å². The molecule has 148 valence electrons. The number of carboxylic acids is 1. The largest absolute Gasteiger partial charge is 0.486 e. The molecule has 1 saturated heterocycles. The van der Waals surface area contributed by atoms with Crippen molar-refractivity contribution in [1.82, 2.24) is 9.88 Å². The number of aromatic nitrogens is 1. The zero-order valence-corrected chi connectivity index (χ0v) is 15.3. The molecule has 9 nitrogen and oxygen atoms in total. The fourth-order valence-corrected chi connectivity index (χ4v) is 3.61. The van der Waals surface area contributed by atoms with Crippen molar-refractivity contribution in [3.8, 4) is 22.8 Å². The minimum absolute atomic E-state index is 0.129. The second-order valence-corrected chi connectivity index (χ2v) is 6.69. The number of aliphatic carboxylic acids is 1. The highest BCUT2D eigenvalue weighted by atomic mass is 16.6. The van der Waals surface area contributed by atoms with Crippen LogP contribution >= 0.6 is 0 Å². The van der Waals surface area contributed by atoms with Crippen molar-refractivity contribution in [2.45, 2.75) is 25.0 Å². The van der Waals surface area contributed by atoms with Crippen LogP contribution in [0.2, 0.25) is 0 Å². The summed E-state index contributed by atoms with van der Waals surface area (Å²) < 4.78 is 21.9. The number of benzene rings is 1. The van der Waals surface area contributed by atoms with Gasteiger partial charge in [0.15, 0.2) is 29.3 Å². The van der Waals surface area contributed by atoms with Crippen molar-refractivity contribution < 1.29 is 33.3 Å². The molecule has 1 fully saturated rings. The second kappa shape index (κ2) is 7.51. The quantitative estimate of drug-likeness (QED) is 0.826. The van der Waals surface area contributed by atoms with Crippen molar-refractivity contribution >= 4 is 11.9 Å². The van der Waals surface area contributed by atoms with E-state index in [1.54, 1.807) is 25.3 Å². The monoisotopic (exact) mass is 388 g/mol. The van der Waals surface area contributed by atoms with Gasteiger partial charge in [0.05, 0.1) is 12.5 Å². The zero-order chi connectivity index (χ0) is 19.7. The number of nitrogens with zero attached hydrogens (tertiary/aromatic N) is 2. The number of carbonyl (C=O) groups is 2. The average molecular weight is 388 g/mol. The number of hydrogen-bond acceptors (Lipinski definition) is 7. The van der Waals surface area contributed by atoms with E-state index in [2.05, 4.69) is 4.98 Å². The van der Waals surface area contributed by atoms with Gasteiger partial charge in [0.1, 0.15) is 13.2 Å². The summed E-state index contributed by atoms with van der Waals surface area (Å²) in [6.07, 6.45) is 1.31. The number of carboxylic acid groups (broad SMARTS) is 1. The molecule has 2 unspecified atom stereocenters. The number of ether oxygens (including phenoxy) is 3. The summed E-state index contributed by atoms with van der Waals surface area (Å²) in [6, 6.07) is 4.80. The van der Waals surface area contributed by atoms with E-state index in [9.17, 15) is 9.59 Å². The lowest BCUT2D eigenvalue weighted by atomic mass is 10.1. The fourth-order valence-electron chi connectivity index (χ4n) is 3.61. The lowest BCUT2D eigenvalue weighted by Gasteiger charge is -2.22. The molecule has 1 amide bonds. The Bertz CT molecular complexity index is 894. The van der Waals surface area contributed by atoms with Gasteiger partial charge in [0.25, 0.3) is 5.91 Å². The maximum Gasteiger partial charge on any atom is 0.305 e. The van der Waals surface area contributed by atoms with Gasteiger partial charge in [-0.2, -0.15) is 0 Å². The summed E-state index contributed by atoms with van der Waals surface area (Å²) >= 11 is 0. The van der Waals surface area contributed by atoms with Gasteiger partial charge in [0.2, 0.25) is 0 Å². The summed E-state index contributed by atoms with van der Waals surface area (Å²) in [5, 5.41) is 9.17. The third-order valence-corrected chi connectivity index (χ3v) is 4.95. The molecule has 28 heavy (non-hydrogen) atoms. The van der Waals surface area contributed by atoms with E-state index in [4.69, 9.17) is 23.7 Å². The smallest absolute Gasteiger partial charge is 0.305 e. The highest BCUT2D eigenvalue weighted by Gasteiger charge is 2.38. The zero-order valence-electron chi connectivity index (χ0n) is 15.3. The Hall–Kier alpha value is -3.07. The van der Waals surface area contributed by atoms with Gasteiger partial charge < -0.3 is 28.6 Å². The van der Waals surface area contributed by atoms with Crippen molar-refractivity contribution in [2.24, 2.45) is 0 Å². The molecule has 3 heterocycles. The maximum absolute atomic E-state index is 13.1. The molecule has 2 aromatic rings. The molecule has 2 aliphatic rings. The number of amides is 1. The molecule has 1 aromatic heterocycles. The number of fused-ring (bicyclic) bond motifs is 1. The Morgan fingerprint density at radius 3 is 2.82 bits per heavy atom. The second-order valence-electron chi connectivity index (χ2n) is 6.69. The molecular weight excluding hydrogens is 368 g/mol. The van der Waals surface area contributed by atoms with Gasteiger partial charge in [-0.05, 0) is 24.6 Å². The van der Waals surface area contributed by atoms with E-state index in [0.717, 1.165) is 0 Å². The molecule has 0 radical (unpaired) electrons. The number of likely N-dealkylation sites (tertiary alicyclic amines) is 1. The maximum atomic E-state index is 13.1. The average Bonchev–Trinajstić information content (AvgIpc) is 3.34. The molecule has 1 aromatic carbocycles. The van der Waals surface area contributed by atoms with E-state index in [1.807, 2.05) is 0 Å². The van der Waals surface area contributed by atoms with Crippen LogP contribution in [0.1, 0.15) is 23.3 Å². The van der Waals surface area contributed by atoms with Gasteiger partial charge in [-0.1, -0.05) is 0 Å². The highest BCUT2D eigenvalue weighted by Crippen LogP contribution is 2.36. The van der Waals surface area contributed by atoms with E-state index in [1.165, 1.54) is 11.3 Å². The Morgan fingerprint density at radius 2 is 2.07 bits per heavy atom. The summed E-state index contributed by atoms with van der Waals surface area (Å²) in [5.41, 5.74) is 0.756. The highest BCUT2D eigenvalue weighted by molar-refractivity contribution is 5.98. The van der Waals surface area contributed by atoms with Crippen LogP contribution in [-0.4, -0.2) is 65.9 Å². The van der Waals surface area contributed by atoms with E-state index >= 15 is 0 Å². The third kappa shape index (κ3) is 3.40. The molecule has 4 rings (SSSR count). The minimum atomic E-state index is -0.966. The number of rotatable bonds is 5. The van der Waals surface area contributed by atoms with Crippen LogP contribution in [0, 0.1) is 0 Å². The first-order valence-corrected chi connectivity index (χ1v) is 8.96. The molecular formula is C19H20N2O7. The minimum Gasteiger partial charge on any atom is -0.486 e. The first-order chi connectivity index (χ1) is 13.6. The topological polar surface area (TPSA) is 111 Å². The van der Waals surface area contributed by atoms with Crippen molar-refractivity contribution in [2.75, 3.05) is 26.9 Å². The number of hydrogen-bond donors (Lipinski definition) is 1. The summed E-state index contributed by atoms with van der Waals surface area (Å²) in [6.45, 7) is 1.24. The number of methoxy groups -OCH3 is 1. The molecule has 0 aliphatic carbocycles. The number of carbonyl (C=O) groups excluding carboxylic acids is 1. The van der Waals surface area contributed by atoms with Crippen LogP contribution < -0.4 is 9.47 Å². The summed E-state index contributed by atoms with van der Waals surface area (Å²) in [4.78, 5) is 29.9. The van der Waals surface area contributed by atoms with Gasteiger partial charge in [-0.15, -0.1) is 0 Å². The Labute approximate surface area is 160 Å². The van der Waals surface area contributed by atoms with E-state index < -0.39 is 12.0 Å². The fraction of sp³-hybridized carbons (Fsp3) is 0.421. The molecule has 1 N–H and O–H groups in total. The lowest BCUT2D eigenvalue weighted by Crippen LogP contribution is -2.37. The van der Waals surface area contributed by atoms with Crippen LogP contribution in [0.5, 0.6) is 11.5 Å². The van der Waals surface area contributed by atoms with Gasteiger partial charge >= 0.3 is 5.97 Å².